The van der Waals surface area contributed by atoms with Crippen molar-refractivity contribution in [2.24, 2.45) is 5.84 Å². The zero-order valence-electron chi connectivity index (χ0n) is 10.4. The van der Waals surface area contributed by atoms with E-state index in [0.717, 1.165) is 20.4 Å². The van der Waals surface area contributed by atoms with E-state index in [0.29, 0.717) is 5.02 Å². The summed E-state index contributed by atoms with van der Waals surface area (Å²) in [4.78, 5) is 0. The maximum Gasteiger partial charge on any atom is 0.124 e. The third-order valence-corrected chi connectivity index (χ3v) is 4.47. The Bertz CT molecular complexity index is 577. The molecule has 0 saturated carbocycles. The molecule has 3 N–H and O–H groups in total. The van der Waals surface area contributed by atoms with E-state index >= 15 is 0 Å². The fraction of sp³-hybridized carbons (Fsp3) is 0.143. The number of methoxy groups -OCH3 is 1. The van der Waals surface area contributed by atoms with E-state index in [9.17, 15) is 0 Å². The predicted octanol–water partition coefficient (Wildman–Crippen LogP) is 3.51. The minimum Gasteiger partial charge on any atom is -0.496 e. The van der Waals surface area contributed by atoms with Crippen LogP contribution in [0.3, 0.4) is 0 Å². The molecule has 0 heterocycles. The van der Waals surface area contributed by atoms with Gasteiger partial charge in [-0.25, -0.2) is 5.43 Å². The first kappa shape index (κ1) is 14.6. The minimum atomic E-state index is -0.161. The lowest BCUT2D eigenvalue weighted by Gasteiger charge is -2.20. The van der Waals surface area contributed by atoms with E-state index in [4.69, 9.17) is 22.2 Å². The van der Waals surface area contributed by atoms with E-state index in [1.165, 1.54) is 0 Å². The second kappa shape index (κ2) is 6.56. The maximum atomic E-state index is 6.17. The highest BCUT2D eigenvalue weighted by atomic mass is 127. The van der Waals surface area contributed by atoms with Crippen molar-refractivity contribution in [2.75, 3.05) is 7.11 Å². The van der Waals surface area contributed by atoms with E-state index < -0.39 is 0 Å². The summed E-state index contributed by atoms with van der Waals surface area (Å²) < 4.78 is 6.39. The first-order valence-electron chi connectivity index (χ1n) is 5.71. The van der Waals surface area contributed by atoms with Crippen LogP contribution in [0.5, 0.6) is 5.75 Å². The van der Waals surface area contributed by atoms with Crippen LogP contribution in [0.25, 0.3) is 0 Å². The van der Waals surface area contributed by atoms with Gasteiger partial charge in [0.15, 0.2) is 0 Å². The third-order valence-electron chi connectivity index (χ3n) is 2.89. The quantitative estimate of drug-likeness (QED) is 0.479. The number of ether oxygens (including phenoxy) is 1. The Morgan fingerprint density at radius 2 is 2.00 bits per heavy atom. The summed E-state index contributed by atoms with van der Waals surface area (Å²) in [5.74, 6) is 6.49. The molecule has 1 unspecified atom stereocenters. The fourth-order valence-electron chi connectivity index (χ4n) is 1.96. The highest BCUT2D eigenvalue weighted by Gasteiger charge is 2.17. The molecule has 0 amide bonds. The molecule has 0 aliphatic heterocycles. The Labute approximate surface area is 131 Å². The first-order valence-corrected chi connectivity index (χ1v) is 7.17. The van der Waals surface area contributed by atoms with Crippen LogP contribution in [-0.4, -0.2) is 7.11 Å². The summed E-state index contributed by atoms with van der Waals surface area (Å²) in [7, 11) is 1.65. The molecule has 0 radical (unpaired) electrons. The van der Waals surface area contributed by atoms with E-state index in [1.807, 2.05) is 42.5 Å². The summed E-state index contributed by atoms with van der Waals surface area (Å²) >= 11 is 8.37. The van der Waals surface area contributed by atoms with Crippen molar-refractivity contribution >= 4 is 34.2 Å². The van der Waals surface area contributed by atoms with E-state index in [1.54, 1.807) is 7.11 Å². The zero-order chi connectivity index (χ0) is 13.8. The van der Waals surface area contributed by atoms with Gasteiger partial charge in [0.2, 0.25) is 0 Å². The number of nitrogens with one attached hydrogen (secondary N) is 1. The van der Waals surface area contributed by atoms with Crippen molar-refractivity contribution in [1.29, 1.82) is 0 Å². The molecule has 100 valence electrons. The standard InChI is InChI=1S/C14H14ClIN2O/c1-19-13-5-3-2-4-10(13)14(18-17)9-6-7-12(16)11(15)8-9/h2-8,14,18H,17H2,1H3. The van der Waals surface area contributed by atoms with Gasteiger partial charge in [0, 0.05) is 9.13 Å². The van der Waals surface area contributed by atoms with Crippen molar-refractivity contribution < 1.29 is 4.74 Å². The molecule has 5 heteroatoms. The van der Waals surface area contributed by atoms with Crippen LogP contribution in [0.4, 0.5) is 0 Å². The molecule has 19 heavy (non-hydrogen) atoms. The number of hydrogen-bond donors (Lipinski definition) is 2. The maximum absolute atomic E-state index is 6.17. The fourth-order valence-corrected chi connectivity index (χ4v) is 2.49. The summed E-state index contributed by atoms with van der Waals surface area (Å²) in [5.41, 5.74) is 4.79. The van der Waals surface area contributed by atoms with Crippen molar-refractivity contribution in [2.45, 2.75) is 6.04 Å². The Morgan fingerprint density at radius 1 is 1.26 bits per heavy atom. The average Bonchev–Trinajstić information content (AvgIpc) is 2.44. The van der Waals surface area contributed by atoms with Gasteiger partial charge in [-0.2, -0.15) is 0 Å². The smallest absolute Gasteiger partial charge is 0.124 e. The molecule has 1 atom stereocenters. The van der Waals surface area contributed by atoms with Crippen molar-refractivity contribution in [3.8, 4) is 5.75 Å². The summed E-state index contributed by atoms with van der Waals surface area (Å²) in [6.07, 6.45) is 0. The number of para-hydroxylation sites is 1. The van der Waals surface area contributed by atoms with Gasteiger partial charge in [0.1, 0.15) is 5.75 Å². The molecule has 0 fully saturated rings. The Balaban J connectivity index is 2.46. The van der Waals surface area contributed by atoms with Gasteiger partial charge in [-0.15, -0.1) is 0 Å². The van der Waals surface area contributed by atoms with Crippen LogP contribution in [0.2, 0.25) is 5.02 Å². The lowest BCUT2D eigenvalue weighted by atomic mass is 9.98. The van der Waals surface area contributed by atoms with Gasteiger partial charge in [0.25, 0.3) is 0 Å². The molecular weight excluding hydrogens is 375 g/mol. The monoisotopic (exact) mass is 388 g/mol. The Kier molecular flexibility index (Phi) is 5.04. The van der Waals surface area contributed by atoms with Crippen molar-refractivity contribution in [3.63, 3.8) is 0 Å². The second-order valence-corrected chi connectivity index (χ2v) is 5.58. The first-order chi connectivity index (χ1) is 9.17. The molecule has 0 bridgehead atoms. The SMILES string of the molecule is COc1ccccc1C(NN)c1ccc(I)c(Cl)c1. The van der Waals surface area contributed by atoms with Crippen LogP contribution < -0.4 is 16.0 Å². The van der Waals surface area contributed by atoms with Crippen LogP contribution in [0.15, 0.2) is 42.5 Å². The van der Waals surface area contributed by atoms with Gasteiger partial charge in [-0.1, -0.05) is 35.9 Å². The number of halogens is 2. The molecule has 2 aromatic carbocycles. The zero-order valence-corrected chi connectivity index (χ0v) is 13.3. The third kappa shape index (κ3) is 3.20. The topological polar surface area (TPSA) is 47.3 Å². The molecule has 2 aromatic rings. The van der Waals surface area contributed by atoms with Crippen molar-refractivity contribution in [1.82, 2.24) is 5.43 Å². The van der Waals surface area contributed by atoms with Crippen LogP contribution in [-0.2, 0) is 0 Å². The predicted molar refractivity (Wildman–Crippen MR) is 86.3 cm³/mol. The van der Waals surface area contributed by atoms with Gasteiger partial charge in [-0.3, -0.25) is 5.84 Å². The minimum absolute atomic E-state index is 0.161. The van der Waals surface area contributed by atoms with Crippen molar-refractivity contribution in [3.05, 3.63) is 62.2 Å². The molecule has 0 saturated heterocycles. The van der Waals surface area contributed by atoms with E-state index in [-0.39, 0.29) is 6.04 Å². The van der Waals surface area contributed by atoms with Gasteiger partial charge in [-0.05, 0) is 46.4 Å². The molecule has 2 rings (SSSR count). The van der Waals surface area contributed by atoms with Crippen LogP contribution in [0, 0.1) is 3.57 Å². The summed E-state index contributed by atoms with van der Waals surface area (Å²) in [5, 5.41) is 0.716. The summed E-state index contributed by atoms with van der Waals surface area (Å²) in [6, 6.07) is 13.5. The highest BCUT2D eigenvalue weighted by molar-refractivity contribution is 14.1. The Morgan fingerprint density at radius 3 is 2.63 bits per heavy atom. The van der Waals surface area contributed by atoms with Crippen LogP contribution in [0.1, 0.15) is 17.2 Å². The number of benzene rings is 2. The number of hydrogen-bond acceptors (Lipinski definition) is 3. The lowest BCUT2D eigenvalue weighted by Crippen LogP contribution is -2.29. The molecule has 3 nitrogen and oxygen atoms in total. The normalized spacial score (nSPS) is 12.2. The number of rotatable bonds is 4. The molecule has 0 aliphatic rings. The van der Waals surface area contributed by atoms with E-state index in [2.05, 4.69) is 28.0 Å². The lowest BCUT2D eigenvalue weighted by molar-refractivity contribution is 0.404. The highest BCUT2D eigenvalue weighted by Crippen LogP contribution is 2.31. The Hall–Kier alpha value is -0.820. The summed E-state index contributed by atoms with van der Waals surface area (Å²) in [6.45, 7) is 0. The van der Waals surface area contributed by atoms with Crippen LogP contribution >= 0.6 is 34.2 Å². The average molecular weight is 389 g/mol. The number of hydrazine groups is 1. The molecule has 0 aliphatic carbocycles. The van der Waals surface area contributed by atoms with Gasteiger partial charge < -0.3 is 4.74 Å². The molecule has 0 aromatic heterocycles. The molecule has 0 spiro atoms. The number of nitrogens with two attached hydrogens (primary N) is 1. The van der Waals surface area contributed by atoms with Gasteiger partial charge in [0.05, 0.1) is 18.2 Å². The largest absolute Gasteiger partial charge is 0.496 e. The molecular formula is C14H14ClIN2O. The van der Waals surface area contributed by atoms with Gasteiger partial charge >= 0.3 is 0 Å². The second-order valence-electron chi connectivity index (χ2n) is 4.02.